The maximum Gasteiger partial charge on any atom is 0.249 e. The first-order valence-corrected chi connectivity index (χ1v) is 18.0. The largest absolute Gasteiger partial charge is 0.394 e. The number of nitrogens with one attached hydrogen (secondary N) is 1. The monoisotopic (exact) mass is 604 g/mol. The fourth-order valence-electron chi connectivity index (χ4n) is 4.96. The summed E-state index contributed by atoms with van der Waals surface area (Å²) < 4.78 is 0. The topological polar surface area (TPSA) is 89.8 Å². The molecular formula is C38H69NO4. The van der Waals surface area contributed by atoms with Gasteiger partial charge in [0.2, 0.25) is 5.91 Å². The number of aliphatic hydroxyl groups excluding tert-OH is 3. The second kappa shape index (κ2) is 33.2. The molecule has 0 aliphatic heterocycles. The first-order chi connectivity index (χ1) is 21.1. The van der Waals surface area contributed by atoms with Gasteiger partial charge in [0.1, 0.15) is 6.10 Å². The molecule has 0 aromatic heterocycles. The maximum atomic E-state index is 12.3. The van der Waals surface area contributed by atoms with E-state index in [0.717, 1.165) is 64.2 Å². The summed E-state index contributed by atoms with van der Waals surface area (Å²) in [5.41, 5.74) is 0. The van der Waals surface area contributed by atoms with E-state index in [1.807, 2.05) is 6.08 Å². The summed E-state index contributed by atoms with van der Waals surface area (Å²) in [4.78, 5) is 12.3. The highest BCUT2D eigenvalue weighted by Crippen LogP contribution is 2.12. The number of rotatable bonds is 31. The van der Waals surface area contributed by atoms with Gasteiger partial charge in [-0.2, -0.15) is 0 Å². The van der Waals surface area contributed by atoms with Crippen LogP contribution >= 0.6 is 0 Å². The Morgan fingerprint density at radius 2 is 0.977 bits per heavy atom. The second-order valence-electron chi connectivity index (χ2n) is 12.1. The Morgan fingerprint density at radius 3 is 1.49 bits per heavy atom. The predicted octanol–water partition coefficient (Wildman–Crippen LogP) is 9.42. The molecule has 0 fully saturated rings. The van der Waals surface area contributed by atoms with E-state index in [4.69, 9.17) is 0 Å². The van der Waals surface area contributed by atoms with E-state index in [1.54, 1.807) is 6.08 Å². The van der Waals surface area contributed by atoms with E-state index in [9.17, 15) is 20.1 Å². The lowest BCUT2D eigenvalue weighted by Crippen LogP contribution is -2.48. The smallest absolute Gasteiger partial charge is 0.249 e. The number of allylic oxidation sites excluding steroid dienone is 7. The average Bonchev–Trinajstić information content (AvgIpc) is 3.01. The number of aliphatic hydroxyl groups is 3. The molecule has 3 unspecified atom stereocenters. The highest BCUT2D eigenvalue weighted by molar-refractivity contribution is 5.80. The quantitative estimate of drug-likeness (QED) is 0.0469. The normalized spacial score (nSPS) is 14.4. The molecule has 0 aromatic carbocycles. The molecule has 0 aromatic rings. The highest BCUT2D eigenvalue weighted by atomic mass is 16.3. The number of carbonyl (C=O) groups excluding carboxylic acids is 1. The molecule has 0 aliphatic rings. The summed E-state index contributed by atoms with van der Waals surface area (Å²) in [6.45, 7) is 4.08. The van der Waals surface area contributed by atoms with Gasteiger partial charge in [0.25, 0.3) is 0 Å². The zero-order chi connectivity index (χ0) is 31.6. The van der Waals surface area contributed by atoms with Crippen LogP contribution in [0.3, 0.4) is 0 Å². The SMILES string of the molecule is CCCC/C=C\CCCCCCC(O)C(=O)NC(CO)C(O)/C=C/CC/C=C/CC/C=C/CCCCCCCCCCC. The number of carbonyl (C=O) groups is 1. The molecule has 4 N–H and O–H groups in total. The summed E-state index contributed by atoms with van der Waals surface area (Å²) in [6, 6.07) is -0.823. The van der Waals surface area contributed by atoms with Crippen molar-refractivity contribution in [2.24, 2.45) is 0 Å². The first-order valence-electron chi connectivity index (χ1n) is 18.0. The molecule has 1 amide bonds. The minimum Gasteiger partial charge on any atom is -0.394 e. The molecule has 5 heteroatoms. The summed E-state index contributed by atoms with van der Waals surface area (Å²) in [7, 11) is 0. The molecule has 5 nitrogen and oxygen atoms in total. The minimum absolute atomic E-state index is 0.387. The van der Waals surface area contributed by atoms with Crippen LogP contribution < -0.4 is 5.32 Å². The van der Waals surface area contributed by atoms with Crippen molar-refractivity contribution in [1.29, 1.82) is 0 Å². The van der Waals surface area contributed by atoms with Gasteiger partial charge in [-0.3, -0.25) is 4.79 Å². The van der Waals surface area contributed by atoms with Gasteiger partial charge < -0.3 is 20.6 Å². The van der Waals surface area contributed by atoms with Gasteiger partial charge in [0, 0.05) is 0 Å². The van der Waals surface area contributed by atoms with Crippen LogP contribution in [0, 0.1) is 0 Å². The zero-order valence-corrected chi connectivity index (χ0v) is 28.1. The first kappa shape index (κ1) is 41.3. The van der Waals surface area contributed by atoms with E-state index < -0.39 is 24.2 Å². The third-order valence-electron chi connectivity index (χ3n) is 7.87. The Morgan fingerprint density at radius 1 is 0.558 bits per heavy atom. The third kappa shape index (κ3) is 28.8. The minimum atomic E-state index is -1.12. The number of amides is 1. The Kier molecular flexibility index (Phi) is 31.9. The summed E-state index contributed by atoms with van der Waals surface area (Å²) in [5.74, 6) is -0.532. The Hall–Kier alpha value is -1.69. The predicted molar refractivity (Wildman–Crippen MR) is 185 cm³/mol. The van der Waals surface area contributed by atoms with Crippen molar-refractivity contribution in [1.82, 2.24) is 5.32 Å². The van der Waals surface area contributed by atoms with Crippen molar-refractivity contribution >= 4 is 5.91 Å². The lowest BCUT2D eigenvalue weighted by molar-refractivity contribution is -0.131. The van der Waals surface area contributed by atoms with Crippen LogP contribution in [0.1, 0.15) is 162 Å². The standard InChI is InChI=1S/C38H69NO4/c1-3-5-7-9-11-13-15-16-17-18-19-20-21-22-23-25-26-28-30-32-36(41)35(34-40)39-38(43)37(42)33-31-29-27-24-14-12-10-8-6-4-2/h10,12,19-20,23,25,30,32,35-37,40-42H,3-9,11,13-18,21-22,24,26-29,31,33-34H2,1-2H3,(H,39,43)/b12-10-,20-19+,25-23+,32-30+. The van der Waals surface area contributed by atoms with Crippen LogP contribution in [0.2, 0.25) is 0 Å². The fourth-order valence-corrected chi connectivity index (χ4v) is 4.96. The fraction of sp³-hybridized carbons (Fsp3) is 0.763. The van der Waals surface area contributed by atoms with Gasteiger partial charge in [0.05, 0.1) is 18.8 Å². The van der Waals surface area contributed by atoms with Crippen LogP contribution in [0.5, 0.6) is 0 Å². The van der Waals surface area contributed by atoms with E-state index in [-0.39, 0.29) is 6.61 Å². The number of unbranched alkanes of at least 4 members (excludes halogenated alkanes) is 17. The molecule has 0 rings (SSSR count). The summed E-state index contributed by atoms with van der Waals surface area (Å²) in [6.07, 6.45) is 41.3. The van der Waals surface area contributed by atoms with Gasteiger partial charge in [-0.05, 0) is 64.2 Å². The summed E-state index contributed by atoms with van der Waals surface area (Å²) in [5, 5.41) is 32.8. The molecule has 0 bridgehead atoms. The average molecular weight is 604 g/mol. The maximum absolute atomic E-state index is 12.3. The van der Waals surface area contributed by atoms with Crippen molar-refractivity contribution in [2.75, 3.05) is 6.61 Å². The number of hydrogen-bond acceptors (Lipinski definition) is 4. The molecule has 43 heavy (non-hydrogen) atoms. The van der Waals surface area contributed by atoms with E-state index >= 15 is 0 Å². The summed E-state index contributed by atoms with van der Waals surface area (Å²) >= 11 is 0. The van der Waals surface area contributed by atoms with Gasteiger partial charge in [-0.1, -0.05) is 146 Å². The molecular weight excluding hydrogens is 534 g/mol. The van der Waals surface area contributed by atoms with Gasteiger partial charge in [-0.25, -0.2) is 0 Å². The van der Waals surface area contributed by atoms with E-state index in [0.29, 0.717) is 6.42 Å². The van der Waals surface area contributed by atoms with Crippen molar-refractivity contribution in [3.63, 3.8) is 0 Å². The van der Waals surface area contributed by atoms with Crippen LogP contribution in [0.15, 0.2) is 48.6 Å². The molecule has 0 heterocycles. The van der Waals surface area contributed by atoms with Crippen LogP contribution in [0.4, 0.5) is 0 Å². The third-order valence-corrected chi connectivity index (χ3v) is 7.87. The van der Waals surface area contributed by atoms with Crippen molar-refractivity contribution in [3.8, 4) is 0 Å². The molecule has 250 valence electrons. The van der Waals surface area contributed by atoms with E-state index in [1.165, 1.54) is 77.0 Å². The Balaban J connectivity index is 3.85. The lowest BCUT2D eigenvalue weighted by atomic mass is 10.1. The zero-order valence-electron chi connectivity index (χ0n) is 28.1. The van der Waals surface area contributed by atoms with Crippen molar-refractivity contribution in [3.05, 3.63) is 48.6 Å². The van der Waals surface area contributed by atoms with Crippen molar-refractivity contribution in [2.45, 2.75) is 180 Å². The molecule has 0 aliphatic carbocycles. The lowest BCUT2D eigenvalue weighted by Gasteiger charge is -2.21. The van der Waals surface area contributed by atoms with Crippen LogP contribution in [-0.4, -0.2) is 46.1 Å². The molecule has 0 spiro atoms. The second-order valence-corrected chi connectivity index (χ2v) is 12.1. The highest BCUT2D eigenvalue weighted by Gasteiger charge is 2.22. The Bertz CT molecular complexity index is 715. The molecule has 0 radical (unpaired) electrons. The van der Waals surface area contributed by atoms with Gasteiger partial charge in [0.15, 0.2) is 0 Å². The van der Waals surface area contributed by atoms with E-state index in [2.05, 4.69) is 55.6 Å². The molecule has 3 atom stereocenters. The molecule has 0 saturated heterocycles. The van der Waals surface area contributed by atoms with Gasteiger partial charge in [-0.15, -0.1) is 0 Å². The Labute approximate surface area is 266 Å². The van der Waals surface area contributed by atoms with Crippen LogP contribution in [0.25, 0.3) is 0 Å². The number of hydrogen-bond donors (Lipinski definition) is 4. The van der Waals surface area contributed by atoms with Crippen molar-refractivity contribution < 1.29 is 20.1 Å². The van der Waals surface area contributed by atoms with Gasteiger partial charge >= 0.3 is 0 Å². The van der Waals surface area contributed by atoms with Crippen LogP contribution in [-0.2, 0) is 4.79 Å². The molecule has 0 saturated carbocycles.